The number of ether oxygens (including phenoxy) is 1. The second-order valence-electron chi connectivity index (χ2n) is 5.65. The van der Waals surface area contributed by atoms with Crippen molar-refractivity contribution >= 4 is 5.91 Å². The largest absolute Gasteiger partial charge is 0.497 e. The van der Waals surface area contributed by atoms with Crippen LogP contribution in [0.5, 0.6) is 5.75 Å². The van der Waals surface area contributed by atoms with Crippen LogP contribution in [0, 0.1) is 5.92 Å². The van der Waals surface area contributed by atoms with Crippen LogP contribution in [0.25, 0.3) is 0 Å². The lowest BCUT2D eigenvalue weighted by Crippen LogP contribution is -2.39. The van der Waals surface area contributed by atoms with Gasteiger partial charge >= 0.3 is 0 Å². The summed E-state index contributed by atoms with van der Waals surface area (Å²) in [5.41, 5.74) is 1.05. The smallest absolute Gasteiger partial charge is 0.226 e. The highest BCUT2D eigenvalue weighted by Gasteiger charge is 2.19. The number of rotatable bonds is 6. The third-order valence-corrected chi connectivity index (χ3v) is 4.19. The molecule has 21 heavy (non-hydrogen) atoms. The molecule has 1 aliphatic rings. The van der Waals surface area contributed by atoms with E-state index in [-0.39, 0.29) is 5.91 Å². The summed E-state index contributed by atoms with van der Waals surface area (Å²) in [4.78, 5) is 14.5. The first-order chi connectivity index (χ1) is 10.2. The zero-order valence-electron chi connectivity index (χ0n) is 13.1. The second kappa shape index (κ2) is 8.03. The summed E-state index contributed by atoms with van der Waals surface area (Å²) in [6.45, 7) is 5.91. The van der Waals surface area contributed by atoms with E-state index in [0.717, 1.165) is 37.5 Å². The molecule has 0 bridgehead atoms. The third-order valence-electron chi connectivity index (χ3n) is 4.19. The van der Waals surface area contributed by atoms with Gasteiger partial charge in [0.15, 0.2) is 0 Å². The number of hydrogen-bond donors (Lipinski definition) is 1. The summed E-state index contributed by atoms with van der Waals surface area (Å²) in [6, 6.07) is 7.75. The summed E-state index contributed by atoms with van der Waals surface area (Å²) >= 11 is 0. The molecule has 4 heteroatoms. The molecule has 0 aliphatic carbocycles. The Morgan fingerprint density at radius 1 is 1.29 bits per heavy atom. The molecule has 116 valence electrons. The quantitative estimate of drug-likeness (QED) is 0.872. The molecule has 1 aromatic rings. The topological polar surface area (TPSA) is 41.6 Å². The van der Waals surface area contributed by atoms with Crippen molar-refractivity contribution in [2.75, 3.05) is 33.3 Å². The predicted molar refractivity (Wildman–Crippen MR) is 84.5 cm³/mol. The first-order valence-corrected chi connectivity index (χ1v) is 7.84. The van der Waals surface area contributed by atoms with Crippen LogP contribution in [-0.4, -0.2) is 44.1 Å². The van der Waals surface area contributed by atoms with Gasteiger partial charge in [-0.05, 0) is 56.5 Å². The molecule has 0 unspecified atom stereocenters. The van der Waals surface area contributed by atoms with Crippen molar-refractivity contribution < 1.29 is 9.53 Å². The molecule has 4 nitrogen and oxygen atoms in total. The molecule has 0 saturated carbocycles. The van der Waals surface area contributed by atoms with Crippen LogP contribution in [-0.2, 0) is 11.2 Å². The van der Waals surface area contributed by atoms with Gasteiger partial charge in [0.05, 0.1) is 13.5 Å². The number of piperidine rings is 1. The molecule has 0 aromatic heterocycles. The highest BCUT2D eigenvalue weighted by molar-refractivity contribution is 5.78. The Bertz CT molecular complexity index is 439. The van der Waals surface area contributed by atoms with Crippen LogP contribution in [0.2, 0.25) is 0 Å². The molecule has 1 amide bonds. The molecule has 0 spiro atoms. The van der Waals surface area contributed by atoms with E-state index in [4.69, 9.17) is 4.74 Å². The fourth-order valence-electron chi connectivity index (χ4n) is 2.81. The monoisotopic (exact) mass is 290 g/mol. The number of nitrogens with zero attached hydrogens (tertiary/aromatic N) is 1. The van der Waals surface area contributed by atoms with Gasteiger partial charge in [0.1, 0.15) is 5.75 Å². The molecule has 1 heterocycles. The molecule has 1 aliphatic heterocycles. The lowest BCUT2D eigenvalue weighted by molar-refractivity contribution is -0.131. The molecule has 2 rings (SSSR count). The SMILES string of the molecule is CCN(CC1CCNCC1)C(=O)Cc1ccc(OC)cc1. The van der Waals surface area contributed by atoms with Crippen LogP contribution in [0.1, 0.15) is 25.3 Å². The standard InChI is InChI=1S/C17H26N2O2/c1-3-19(13-15-8-10-18-11-9-15)17(20)12-14-4-6-16(21-2)7-5-14/h4-7,15,18H,3,8-13H2,1-2H3. The van der Waals surface area contributed by atoms with Crippen molar-refractivity contribution in [3.8, 4) is 5.75 Å². The summed E-state index contributed by atoms with van der Waals surface area (Å²) in [7, 11) is 1.65. The molecule has 0 radical (unpaired) electrons. The lowest BCUT2D eigenvalue weighted by Gasteiger charge is -2.29. The van der Waals surface area contributed by atoms with Crippen LogP contribution >= 0.6 is 0 Å². The first-order valence-electron chi connectivity index (χ1n) is 7.84. The van der Waals surface area contributed by atoms with E-state index in [1.165, 1.54) is 12.8 Å². The van der Waals surface area contributed by atoms with E-state index in [1.807, 2.05) is 29.2 Å². The van der Waals surface area contributed by atoms with Gasteiger partial charge in [-0.2, -0.15) is 0 Å². The van der Waals surface area contributed by atoms with Gasteiger partial charge in [0.2, 0.25) is 5.91 Å². The normalized spacial score (nSPS) is 15.7. The number of nitrogens with one attached hydrogen (secondary N) is 1. The summed E-state index contributed by atoms with van der Waals surface area (Å²) in [6.07, 6.45) is 2.82. The number of benzene rings is 1. The maximum Gasteiger partial charge on any atom is 0.226 e. The minimum atomic E-state index is 0.223. The number of amides is 1. The van der Waals surface area contributed by atoms with E-state index in [9.17, 15) is 4.79 Å². The van der Waals surface area contributed by atoms with Gasteiger partial charge in [-0.3, -0.25) is 4.79 Å². The van der Waals surface area contributed by atoms with Crippen LogP contribution in [0.4, 0.5) is 0 Å². The van der Waals surface area contributed by atoms with Crippen molar-refractivity contribution in [2.45, 2.75) is 26.2 Å². The summed E-state index contributed by atoms with van der Waals surface area (Å²) in [5, 5.41) is 3.37. The molecule has 1 aromatic carbocycles. The molecule has 1 saturated heterocycles. The highest BCUT2D eigenvalue weighted by atomic mass is 16.5. The van der Waals surface area contributed by atoms with Crippen molar-refractivity contribution in [2.24, 2.45) is 5.92 Å². The van der Waals surface area contributed by atoms with Crippen molar-refractivity contribution in [1.29, 1.82) is 0 Å². The Morgan fingerprint density at radius 2 is 1.95 bits per heavy atom. The average molecular weight is 290 g/mol. The Hall–Kier alpha value is -1.55. The number of hydrogen-bond acceptors (Lipinski definition) is 3. The maximum absolute atomic E-state index is 12.5. The van der Waals surface area contributed by atoms with E-state index in [1.54, 1.807) is 7.11 Å². The molecule has 1 fully saturated rings. The van der Waals surface area contributed by atoms with E-state index < -0.39 is 0 Å². The predicted octanol–water partition coefficient (Wildman–Crippen LogP) is 2.09. The zero-order valence-corrected chi connectivity index (χ0v) is 13.1. The van der Waals surface area contributed by atoms with Gasteiger partial charge in [0.25, 0.3) is 0 Å². The minimum absolute atomic E-state index is 0.223. The van der Waals surface area contributed by atoms with Gasteiger partial charge in [-0.1, -0.05) is 12.1 Å². The fraction of sp³-hybridized carbons (Fsp3) is 0.588. The van der Waals surface area contributed by atoms with Crippen LogP contribution < -0.4 is 10.1 Å². The highest BCUT2D eigenvalue weighted by Crippen LogP contribution is 2.16. The number of methoxy groups -OCH3 is 1. The van der Waals surface area contributed by atoms with Crippen molar-refractivity contribution in [1.82, 2.24) is 10.2 Å². The van der Waals surface area contributed by atoms with Crippen LogP contribution in [0.3, 0.4) is 0 Å². The number of carbonyl (C=O) groups is 1. The number of likely N-dealkylation sites (N-methyl/N-ethyl adjacent to an activating group) is 1. The van der Waals surface area contributed by atoms with Crippen molar-refractivity contribution in [3.05, 3.63) is 29.8 Å². The Balaban J connectivity index is 1.89. The Kier molecular flexibility index (Phi) is 6.05. The van der Waals surface area contributed by atoms with E-state index >= 15 is 0 Å². The molecular weight excluding hydrogens is 264 g/mol. The van der Waals surface area contributed by atoms with Gasteiger partial charge in [-0.15, -0.1) is 0 Å². The van der Waals surface area contributed by atoms with Gasteiger partial charge < -0.3 is 15.0 Å². The summed E-state index contributed by atoms with van der Waals surface area (Å²) in [5.74, 6) is 1.69. The van der Waals surface area contributed by atoms with Gasteiger partial charge in [0, 0.05) is 13.1 Å². The van der Waals surface area contributed by atoms with Crippen molar-refractivity contribution in [3.63, 3.8) is 0 Å². The zero-order chi connectivity index (χ0) is 15.1. The fourth-order valence-corrected chi connectivity index (χ4v) is 2.81. The van der Waals surface area contributed by atoms with E-state index in [2.05, 4.69) is 12.2 Å². The third kappa shape index (κ3) is 4.74. The molecular formula is C17H26N2O2. The Morgan fingerprint density at radius 3 is 2.52 bits per heavy atom. The average Bonchev–Trinajstić information content (AvgIpc) is 2.54. The number of carbonyl (C=O) groups excluding carboxylic acids is 1. The van der Waals surface area contributed by atoms with Gasteiger partial charge in [-0.25, -0.2) is 0 Å². The second-order valence-corrected chi connectivity index (χ2v) is 5.65. The Labute approximate surface area is 127 Å². The van der Waals surface area contributed by atoms with E-state index in [0.29, 0.717) is 12.3 Å². The molecule has 0 atom stereocenters. The molecule has 1 N–H and O–H groups in total. The van der Waals surface area contributed by atoms with Crippen LogP contribution in [0.15, 0.2) is 24.3 Å². The lowest BCUT2D eigenvalue weighted by atomic mass is 9.97. The first kappa shape index (κ1) is 15.8. The summed E-state index contributed by atoms with van der Waals surface area (Å²) < 4.78 is 5.14. The maximum atomic E-state index is 12.5. The minimum Gasteiger partial charge on any atom is -0.497 e.